The molecule has 1 aliphatic carbocycles. The van der Waals surface area contributed by atoms with Crippen molar-refractivity contribution < 1.29 is 8.78 Å². The minimum Gasteiger partial charge on any atom is -0.298 e. The molecule has 1 heterocycles. The summed E-state index contributed by atoms with van der Waals surface area (Å²) in [5.74, 6) is -2.60. The van der Waals surface area contributed by atoms with E-state index in [0.29, 0.717) is 13.0 Å². The first-order valence-corrected chi connectivity index (χ1v) is 6.29. The van der Waals surface area contributed by atoms with Crippen LogP contribution in [-0.4, -0.2) is 23.9 Å². The standard InChI is InChI=1S/C14H17F2N/c15-14(16)7-6-12-9-17(10-13(12)14)8-11-4-2-1-3-5-11/h1-5,12-13H,6-10H2/t12-,13-/m1/s1. The van der Waals surface area contributed by atoms with Gasteiger partial charge in [0.2, 0.25) is 0 Å². The smallest absolute Gasteiger partial charge is 0.252 e. The lowest BCUT2D eigenvalue weighted by atomic mass is 9.99. The maximum absolute atomic E-state index is 13.6. The van der Waals surface area contributed by atoms with Gasteiger partial charge in [0.05, 0.1) is 0 Å². The quantitative estimate of drug-likeness (QED) is 0.763. The number of benzene rings is 1. The average Bonchev–Trinajstić information content (AvgIpc) is 2.82. The molecule has 0 aromatic heterocycles. The second-order valence-corrected chi connectivity index (χ2v) is 5.35. The molecule has 1 nitrogen and oxygen atoms in total. The number of rotatable bonds is 2. The molecule has 2 aliphatic rings. The summed E-state index contributed by atoms with van der Waals surface area (Å²) in [5.41, 5.74) is 1.22. The minimum absolute atomic E-state index is 0.0987. The van der Waals surface area contributed by atoms with Crippen molar-refractivity contribution in [3.63, 3.8) is 0 Å². The third kappa shape index (κ3) is 2.08. The van der Waals surface area contributed by atoms with Gasteiger partial charge in [-0.15, -0.1) is 0 Å². The van der Waals surface area contributed by atoms with Gasteiger partial charge >= 0.3 is 0 Å². The van der Waals surface area contributed by atoms with E-state index < -0.39 is 11.8 Å². The van der Waals surface area contributed by atoms with Crippen molar-refractivity contribution in [3.8, 4) is 0 Å². The van der Waals surface area contributed by atoms with Crippen LogP contribution in [0.25, 0.3) is 0 Å². The largest absolute Gasteiger partial charge is 0.298 e. The number of halogens is 2. The molecule has 2 fully saturated rings. The minimum atomic E-state index is -2.42. The van der Waals surface area contributed by atoms with Gasteiger partial charge in [-0.3, -0.25) is 4.90 Å². The van der Waals surface area contributed by atoms with Crippen LogP contribution in [0.15, 0.2) is 30.3 Å². The van der Waals surface area contributed by atoms with Gasteiger partial charge in [0, 0.05) is 32.0 Å². The molecule has 3 rings (SSSR count). The zero-order valence-electron chi connectivity index (χ0n) is 9.78. The molecule has 0 unspecified atom stereocenters. The zero-order chi connectivity index (χ0) is 11.9. The molecule has 2 atom stereocenters. The zero-order valence-corrected chi connectivity index (χ0v) is 9.78. The highest BCUT2D eigenvalue weighted by Gasteiger charge is 2.53. The summed E-state index contributed by atoms with van der Waals surface area (Å²) in [7, 11) is 0. The van der Waals surface area contributed by atoms with Gasteiger partial charge in [-0.25, -0.2) is 8.78 Å². The van der Waals surface area contributed by atoms with Gasteiger partial charge in [-0.05, 0) is 17.9 Å². The van der Waals surface area contributed by atoms with Crippen LogP contribution in [0, 0.1) is 11.8 Å². The Morgan fingerprint density at radius 3 is 2.65 bits per heavy atom. The fourth-order valence-corrected chi connectivity index (χ4v) is 3.27. The topological polar surface area (TPSA) is 3.24 Å². The van der Waals surface area contributed by atoms with E-state index >= 15 is 0 Å². The molecule has 1 saturated heterocycles. The lowest BCUT2D eigenvalue weighted by Crippen LogP contribution is -2.28. The molecule has 0 spiro atoms. The second-order valence-electron chi connectivity index (χ2n) is 5.35. The summed E-state index contributed by atoms with van der Waals surface area (Å²) in [6, 6.07) is 10.1. The van der Waals surface area contributed by atoms with Crippen LogP contribution >= 0.6 is 0 Å². The monoisotopic (exact) mass is 237 g/mol. The van der Waals surface area contributed by atoms with Crippen LogP contribution in [-0.2, 0) is 6.54 Å². The lowest BCUT2D eigenvalue weighted by Gasteiger charge is -2.20. The Morgan fingerprint density at radius 1 is 1.18 bits per heavy atom. The summed E-state index contributed by atoms with van der Waals surface area (Å²) >= 11 is 0. The first-order chi connectivity index (χ1) is 8.15. The van der Waals surface area contributed by atoms with Crippen molar-refractivity contribution in [3.05, 3.63) is 35.9 Å². The van der Waals surface area contributed by atoms with Crippen LogP contribution in [0.1, 0.15) is 18.4 Å². The van der Waals surface area contributed by atoms with Crippen LogP contribution < -0.4 is 0 Å². The van der Waals surface area contributed by atoms with E-state index in [1.807, 2.05) is 18.2 Å². The summed E-state index contributed by atoms with van der Waals surface area (Å²) in [6.45, 7) is 2.21. The Labute approximate surface area is 100 Å². The third-order valence-electron chi connectivity index (χ3n) is 4.16. The number of hydrogen-bond donors (Lipinski definition) is 0. The molecule has 3 heteroatoms. The average molecular weight is 237 g/mol. The molecule has 1 aromatic rings. The van der Waals surface area contributed by atoms with Gasteiger partial charge < -0.3 is 0 Å². The maximum Gasteiger partial charge on any atom is 0.252 e. The highest BCUT2D eigenvalue weighted by molar-refractivity contribution is 5.15. The molecule has 1 aliphatic heterocycles. The second kappa shape index (κ2) is 4.05. The molecule has 17 heavy (non-hydrogen) atoms. The number of alkyl halides is 2. The van der Waals surface area contributed by atoms with Gasteiger partial charge in [-0.2, -0.15) is 0 Å². The Kier molecular flexibility index (Phi) is 2.66. The van der Waals surface area contributed by atoms with Crippen molar-refractivity contribution in [2.24, 2.45) is 11.8 Å². The highest BCUT2D eigenvalue weighted by atomic mass is 19.3. The number of fused-ring (bicyclic) bond motifs is 1. The fraction of sp³-hybridized carbons (Fsp3) is 0.571. The number of likely N-dealkylation sites (tertiary alicyclic amines) is 1. The van der Waals surface area contributed by atoms with Gasteiger partial charge in [0.25, 0.3) is 5.92 Å². The predicted molar refractivity (Wildman–Crippen MR) is 62.9 cm³/mol. The molecule has 0 N–H and O–H groups in total. The molecule has 1 aromatic carbocycles. The van der Waals surface area contributed by atoms with Crippen molar-refractivity contribution in [2.75, 3.05) is 13.1 Å². The first-order valence-electron chi connectivity index (χ1n) is 6.29. The summed E-state index contributed by atoms with van der Waals surface area (Å²) in [5, 5.41) is 0. The predicted octanol–water partition coefficient (Wildman–Crippen LogP) is 3.16. The molecular weight excluding hydrogens is 220 g/mol. The van der Waals surface area contributed by atoms with Crippen molar-refractivity contribution in [1.29, 1.82) is 0 Å². The lowest BCUT2D eigenvalue weighted by molar-refractivity contribution is -0.0400. The van der Waals surface area contributed by atoms with E-state index in [0.717, 1.165) is 13.1 Å². The van der Waals surface area contributed by atoms with Crippen molar-refractivity contribution in [2.45, 2.75) is 25.3 Å². The summed E-state index contributed by atoms with van der Waals surface area (Å²) < 4.78 is 27.2. The van der Waals surface area contributed by atoms with E-state index in [2.05, 4.69) is 17.0 Å². The SMILES string of the molecule is FC1(F)CC[C@@H]2CN(Cc3ccccc3)C[C@H]21. The molecule has 0 amide bonds. The fourth-order valence-electron chi connectivity index (χ4n) is 3.27. The van der Waals surface area contributed by atoms with Gasteiger partial charge in [-0.1, -0.05) is 30.3 Å². The Hall–Kier alpha value is -0.960. The Morgan fingerprint density at radius 2 is 1.94 bits per heavy atom. The van der Waals surface area contributed by atoms with E-state index in [-0.39, 0.29) is 12.3 Å². The molecular formula is C14H17F2N. The normalized spacial score (nSPS) is 31.6. The number of hydrogen-bond acceptors (Lipinski definition) is 1. The maximum atomic E-state index is 13.6. The van der Waals surface area contributed by atoms with E-state index in [4.69, 9.17) is 0 Å². The van der Waals surface area contributed by atoms with E-state index in [1.54, 1.807) is 0 Å². The van der Waals surface area contributed by atoms with Crippen LogP contribution in [0.5, 0.6) is 0 Å². The molecule has 0 bridgehead atoms. The first kappa shape index (κ1) is 11.1. The number of nitrogens with zero attached hydrogens (tertiary/aromatic N) is 1. The summed E-state index contributed by atoms with van der Waals surface area (Å²) in [6.07, 6.45) is 0.796. The summed E-state index contributed by atoms with van der Waals surface area (Å²) in [4.78, 5) is 2.18. The van der Waals surface area contributed by atoms with E-state index in [9.17, 15) is 8.78 Å². The third-order valence-corrected chi connectivity index (χ3v) is 4.16. The Bertz CT molecular complexity index is 390. The van der Waals surface area contributed by atoms with Gasteiger partial charge in [0.1, 0.15) is 0 Å². The van der Waals surface area contributed by atoms with Crippen LogP contribution in [0.4, 0.5) is 8.78 Å². The molecule has 1 saturated carbocycles. The van der Waals surface area contributed by atoms with Gasteiger partial charge in [0.15, 0.2) is 0 Å². The van der Waals surface area contributed by atoms with Crippen molar-refractivity contribution in [1.82, 2.24) is 4.90 Å². The Balaban J connectivity index is 1.66. The molecule has 0 radical (unpaired) electrons. The van der Waals surface area contributed by atoms with E-state index in [1.165, 1.54) is 5.56 Å². The highest BCUT2D eigenvalue weighted by Crippen LogP contribution is 2.48. The van der Waals surface area contributed by atoms with Crippen LogP contribution in [0.2, 0.25) is 0 Å². The van der Waals surface area contributed by atoms with Crippen molar-refractivity contribution >= 4 is 0 Å². The molecule has 92 valence electrons. The van der Waals surface area contributed by atoms with Crippen LogP contribution in [0.3, 0.4) is 0 Å².